The van der Waals surface area contributed by atoms with Gasteiger partial charge >= 0.3 is 0 Å². The maximum absolute atomic E-state index is 14.7. The topological polar surface area (TPSA) is 89.6 Å². The zero-order valence-corrected chi connectivity index (χ0v) is 34.7. The zero-order valence-electron chi connectivity index (χ0n) is 33.7. The van der Waals surface area contributed by atoms with Crippen molar-refractivity contribution in [2.24, 2.45) is 39.6 Å². The van der Waals surface area contributed by atoms with Crippen LogP contribution in [0.25, 0.3) is 0 Å². The molecule has 1 saturated heterocycles. The summed E-state index contributed by atoms with van der Waals surface area (Å²) in [7, 11) is -2.19. The molecule has 2 unspecified atom stereocenters. The Hall–Kier alpha value is -2.43. The van der Waals surface area contributed by atoms with Crippen LogP contribution in [0.1, 0.15) is 106 Å². The molecule has 3 saturated carbocycles. The van der Waals surface area contributed by atoms with Crippen molar-refractivity contribution in [2.75, 3.05) is 13.2 Å². The van der Waals surface area contributed by atoms with Crippen LogP contribution >= 0.6 is 0 Å². The third kappa shape index (κ3) is 6.38. The number of Topliss-reactive ketones (excluding diaryl/α,β-unsaturated/α-hetero) is 1. The second-order valence-corrected chi connectivity index (χ2v) is 23.8. The van der Waals surface area contributed by atoms with Gasteiger partial charge in [0, 0.05) is 17.6 Å². The molecule has 0 amide bonds. The van der Waals surface area contributed by atoms with Crippen LogP contribution in [-0.4, -0.2) is 73.1 Å². The van der Waals surface area contributed by atoms with Crippen molar-refractivity contribution in [3.05, 3.63) is 48.6 Å². The van der Waals surface area contributed by atoms with E-state index in [-0.39, 0.29) is 52.6 Å². The number of aliphatic hydroxyl groups is 1. The number of ketones is 1. The summed E-state index contributed by atoms with van der Waals surface area (Å²) in [5, 5.41) is 17.4. The van der Waals surface area contributed by atoms with E-state index in [4.69, 9.17) is 23.7 Å². The number of fused-ring (bicyclic) bond motifs is 8. The lowest BCUT2D eigenvalue weighted by molar-refractivity contribution is -0.441. The number of carbonyl (C=O) groups is 1. The van der Waals surface area contributed by atoms with E-state index in [0.29, 0.717) is 13.0 Å². The fourth-order valence-corrected chi connectivity index (χ4v) is 12.1. The second kappa shape index (κ2) is 14.3. The SMILES string of the molecule is C=CCCCCOc1cccc([N+]2=C3C=C4CC[C@@H]5[C@H]([C@@H](O)C[C@@]6(C)[C@H]5C[C@H]5OC(CCC)O[C@]56C(=O)CO[Si](C)(C)C(C)(C)C)[C@@]4(C)CC3C=N2)c1. The van der Waals surface area contributed by atoms with Crippen molar-refractivity contribution in [3.8, 4) is 5.75 Å². The number of aliphatic hydroxyl groups excluding tert-OH is 1. The van der Waals surface area contributed by atoms with Gasteiger partial charge in [-0.1, -0.05) is 65.7 Å². The molecule has 1 aromatic carbocycles. The quantitative estimate of drug-likeness (QED) is 0.0938. The molecule has 0 radical (unpaired) electrons. The normalized spacial score (nSPS) is 37.4. The molecule has 0 spiro atoms. The van der Waals surface area contributed by atoms with Gasteiger partial charge in [-0.25, -0.2) is 0 Å². The highest BCUT2D eigenvalue weighted by Gasteiger charge is 2.76. The molecule has 4 aliphatic carbocycles. The van der Waals surface area contributed by atoms with E-state index >= 15 is 0 Å². The van der Waals surface area contributed by atoms with E-state index in [9.17, 15) is 9.90 Å². The summed E-state index contributed by atoms with van der Waals surface area (Å²) in [6.45, 7) is 22.3. The monoisotopic (exact) mass is 745 g/mol. The molecule has 53 heavy (non-hydrogen) atoms. The predicted molar refractivity (Wildman–Crippen MR) is 212 cm³/mol. The summed E-state index contributed by atoms with van der Waals surface area (Å²) in [5.41, 5.74) is 1.79. The first-order chi connectivity index (χ1) is 25.1. The van der Waals surface area contributed by atoms with Crippen molar-refractivity contribution in [1.82, 2.24) is 0 Å². The lowest BCUT2D eigenvalue weighted by Crippen LogP contribution is -2.64. The van der Waals surface area contributed by atoms with E-state index in [2.05, 4.69) is 90.3 Å². The summed E-state index contributed by atoms with van der Waals surface area (Å²) in [5.74, 6) is 1.58. The number of hydrogen-bond acceptors (Lipinski definition) is 7. The van der Waals surface area contributed by atoms with Crippen LogP contribution in [0.2, 0.25) is 18.1 Å². The Bertz CT molecular complexity index is 1680. The zero-order chi connectivity index (χ0) is 38.0. The molecule has 4 fully saturated rings. The van der Waals surface area contributed by atoms with E-state index in [0.717, 1.165) is 69.2 Å². The first-order valence-electron chi connectivity index (χ1n) is 20.5. The summed E-state index contributed by atoms with van der Waals surface area (Å²) in [4.78, 5) is 14.7. The lowest BCUT2D eigenvalue weighted by atomic mass is 9.44. The molecule has 2 aliphatic heterocycles. The van der Waals surface area contributed by atoms with Gasteiger partial charge in [0.15, 0.2) is 26.0 Å². The van der Waals surface area contributed by atoms with Crippen molar-refractivity contribution < 1.29 is 33.2 Å². The summed E-state index contributed by atoms with van der Waals surface area (Å²) in [6.07, 6.45) is 14.1. The summed E-state index contributed by atoms with van der Waals surface area (Å²) >= 11 is 0. The van der Waals surface area contributed by atoms with Crippen LogP contribution in [0, 0.1) is 34.5 Å². The minimum absolute atomic E-state index is 0.00511. The first kappa shape index (κ1) is 38.8. The van der Waals surface area contributed by atoms with Gasteiger partial charge in [0.05, 0.1) is 43.6 Å². The van der Waals surface area contributed by atoms with E-state index < -0.39 is 31.7 Å². The highest BCUT2D eigenvalue weighted by Crippen LogP contribution is 2.70. The second-order valence-electron chi connectivity index (χ2n) is 19.0. The molecule has 290 valence electrons. The molecule has 10 atom stereocenters. The third-order valence-corrected chi connectivity index (χ3v) is 19.3. The van der Waals surface area contributed by atoms with Crippen molar-refractivity contribution in [1.29, 1.82) is 0 Å². The van der Waals surface area contributed by atoms with Crippen molar-refractivity contribution in [3.63, 3.8) is 0 Å². The van der Waals surface area contributed by atoms with Crippen LogP contribution in [0.3, 0.4) is 0 Å². The average Bonchev–Trinajstić information content (AvgIpc) is 3.75. The Morgan fingerprint density at radius 2 is 2.00 bits per heavy atom. The Kier molecular flexibility index (Phi) is 10.4. The molecular formula is C44H65N2O6Si+. The molecule has 1 aromatic rings. The standard InChI is InChI=1S/C44H65N2O6Si/c1-10-12-13-14-21-49-32-18-15-17-31(23-32)46-35-22-30-19-20-33-34-24-38-44(52-39(51-38)16-11-2,37(48)28-50-53(8,9)41(3,4)5)43(34,7)26-36(47)40(33)42(30,6)25-29(35)27-45-46/h10,15,17-18,22-23,27,29,33-34,36,38-40,47H,1,11-14,16,19-21,24-26,28H2,2-9H3/q+1/t29?,33-,34-,36-,38+,39?,40+,42-,43-,44+/m0/s1. The molecule has 0 bridgehead atoms. The van der Waals surface area contributed by atoms with Gasteiger partial charge in [-0.15, -0.1) is 6.58 Å². The number of benzene rings is 1. The maximum Gasteiger partial charge on any atom is 0.242 e. The molecule has 7 rings (SSSR count). The molecule has 0 aromatic heterocycles. The van der Waals surface area contributed by atoms with E-state index in [1.807, 2.05) is 18.2 Å². The number of carbonyl (C=O) groups excluding carboxylic acids is 1. The van der Waals surface area contributed by atoms with Crippen LogP contribution in [-0.2, 0) is 18.7 Å². The smallest absolute Gasteiger partial charge is 0.242 e. The minimum atomic E-state index is -2.19. The largest absolute Gasteiger partial charge is 0.493 e. The van der Waals surface area contributed by atoms with Crippen molar-refractivity contribution >= 4 is 31.7 Å². The van der Waals surface area contributed by atoms with Crippen molar-refractivity contribution in [2.45, 2.75) is 148 Å². The maximum atomic E-state index is 14.7. The van der Waals surface area contributed by atoms with Crippen LogP contribution < -0.4 is 4.74 Å². The fraction of sp³-hybridized carbons (Fsp3) is 0.705. The summed E-state index contributed by atoms with van der Waals surface area (Å²) in [6, 6.07) is 8.26. The highest BCUT2D eigenvalue weighted by atomic mass is 28.4. The highest BCUT2D eigenvalue weighted by molar-refractivity contribution is 6.74. The molecule has 1 N–H and O–H groups in total. The number of unbranched alkanes of at least 4 members (excludes halogenated alkanes) is 2. The molecule has 2 heterocycles. The van der Waals surface area contributed by atoms with Crippen LogP contribution in [0.4, 0.5) is 5.69 Å². The Balaban J connectivity index is 1.15. The lowest BCUT2D eigenvalue weighted by Gasteiger charge is -2.60. The fourth-order valence-electron chi connectivity index (χ4n) is 11.1. The van der Waals surface area contributed by atoms with E-state index in [1.165, 1.54) is 11.3 Å². The van der Waals surface area contributed by atoms with E-state index in [1.54, 1.807) is 0 Å². The number of nitrogens with zero attached hydrogens (tertiary/aromatic N) is 2. The first-order valence-corrected chi connectivity index (χ1v) is 23.4. The molecular weight excluding hydrogens is 681 g/mol. The van der Waals surface area contributed by atoms with Gasteiger partial charge in [0.1, 0.15) is 5.75 Å². The number of hydrazone groups is 1. The average molecular weight is 746 g/mol. The Labute approximate surface area is 319 Å². The summed E-state index contributed by atoms with van der Waals surface area (Å²) < 4.78 is 28.4. The molecule has 6 aliphatic rings. The van der Waals surface area contributed by atoms with Gasteiger partial charge in [-0.2, -0.15) is 0 Å². The van der Waals surface area contributed by atoms with Gasteiger partial charge in [0.25, 0.3) is 0 Å². The van der Waals surface area contributed by atoms with Gasteiger partial charge < -0.3 is 23.7 Å². The number of rotatable bonds is 13. The van der Waals surface area contributed by atoms with Crippen LogP contribution in [0.15, 0.2) is 53.7 Å². The number of allylic oxidation sites excluding steroid dienone is 3. The third-order valence-electron chi connectivity index (χ3n) is 14.9. The Morgan fingerprint density at radius 1 is 1.21 bits per heavy atom. The molecule has 8 nitrogen and oxygen atoms in total. The molecule has 9 heteroatoms. The minimum Gasteiger partial charge on any atom is -0.493 e. The number of ether oxygens (including phenoxy) is 3. The van der Waals surface area contributed by atoms with Crippen LogP contribution in [0.5, 0.6) is 5.75 Å². The number of hydrogen-bond donors (Lipinski definition) is 1. The van der Waals surface area contributed by atoms with Gasteiger partial charge in [0.2, 0.25) is 11.4 Å². The Morgan fingerprint density at radius 3 is 2.74 bits per heavy atom. The predicted octanol–water partition coefficient (Wildman–Crippen LogP) is 9.15. The van der Waals surface area contributed by atoms with Gasteiger partial charge in [-0.3, -0.25) is 4.79 Å². The van der Waals surface area contributed by atoms with Gasteiger partial charge in [-0.05, 0) is 115 Å².